The number of carbonyl (C=O) groups is 1. The number of ether oxygens (including phenoxy) is 2. The maximum absolute atomic E-state index is 14.0. The maximum Gasteiger partial charge on any atom is 0.255 e. The summed E-state index contributed by atoms with van der Waals surface area (Å²) in [5.74, 6) is 0.370. The lowest BCUT2D eigenvalue weighted by Gasteiger charge is -2.10. The number of amides is 1. The van der Waals surface area contributed by atoms with E-state index in [0.29, 0.717) is 33.9 Å². The fourth-order valence-electron chi connectivity index (χ4n) is 3.36. The highest BCUT2D eigenvalue weighted by atomic mass is 19.1. The topological polar surface area (TPSA) is 65.4 Å². The Kier molecular flexibility index (Phi) is 6.17. The molecule has 0 aliphatic carbocycles. The van der Waals surface area contributed by atoms with E-state index in [0.717, 1.165) is 5.69 Å². The van der Waals surface area contributed by atoms with Crippen LogP contribution in [-0.2, 0) is 6.54 Å². The lowest BCUT2D eigenvalue weighted by Crippen LogP contribution is -2.23. The number of nitrogens with one attached hydrogen (secondary N) is 1. The molecule has 1 amide bonds. The molecule has 1 aromatic heterocycles. The van der Waals surface area contributed by atoms with Gasteiger partial charge in [0.15, 0.2) is 11.5 Å². The molecular weight excluding hydrogens is 409 g/mol. The smallest absolute Gasteiger partial charge is 0.255 e. The van der Waals surface area contributed by atoms with Gasteiger partial charge in [-0.25, -0.2) is 9.07 Å². The first kappa shape index (κ1) is 21.1. The Hall–Kier alpha value is -4.13. The molecule has 0 saturated heterocycles. The van der Waals surface area contributed by atoms with Crippen molar-refractivity contribution in [3.8, 4) is 28.4 Å². The molecule has 6 nitrogen and oxygen atoms in total. The summed E-state index contributed by atoms with van der Waals surface area (Å²) in [7, 11) is 3.11. The summed E-state index contributed by atoms with van der Waals surface area (Å²) in [6.07, 6.45) is 1.66. The van der Waals surface area contributed by atoms with E-state index in [2.05, 4.69) is 10.4 Å². The van der Waals surface area contributed by atoms with Crippen LogP contribution in [0.2, 0.25) is 0 Å². The van der Waals surface area contributed by atoms with Crippen molar-refractivity contribution in [2.24, 2.45) is 0 Å². The number of methoxy groups -OCH3 is 2. The maximum atomic E-state index is 14.0. The summed E-state index contributed by atoms with van der Waals surface area (Å²) in [5, 5.41) is 7.45. The molecule has 1 heterocycles. The van der Waals surface area contributed by atoms with Crippen LogP contribution < -0.4 is 14.8 Å². The van der Waals surface area contributed by atoms with Crippen molar-refractivity contribution in [2.75, 3.05) is 14.2 Å². The molecule has 162 valence electrons. The summed E-state index contributed by atoms with van der Waals surface area (Å²) in [6, 6.07) is 21.2. The molecule has 4 aromatic rings. The third-order valence-electron chi connectivity index (χ3n) is 5.03. The van der Waals surface area contributed by atoms with E-state index in [1.807, 2.05) is 36.4 Å². The third-order valence-corrected chi connectivity index (χ3v) is 5.03. The predicted octanol–water partition coefficient (Wildman–Crippen LogP) is 4.63. The van der Waals surface area contributed by atoms with Crippen LogP contribution in [0.3, 0.4) is 0 Å². The molecular formula is C25H22FN3O3. The quantitative estimate of drug-likeness (QED) is 0.464. The lowest BCUT2D eigenvalue weighted by atomic mass is 10.1. The van der Waals surface area contributed by atoms with Crippen LogP contribution in [0.5, 0.6) is 11.5 Å². The summed E-state index contributed by atoms with van der Waals surface area (Å²) in [4.78, 5) is 13.1. The van der Waals surface area contributed by atoms with Gasteiger partial charge < -0.3 is 14.8 Å². The Bertz CT molecular complexity index is 1240. The van der Waals surface area contributed by atoms with Gasteiger partial charge in [0.1, 0.15) is 11.5 Å². The van der Waals surface area contributed by atoms with Crippen molar-refractivity contribution >= 4 is 5.91 Å². The summed E-state index contributed by atoms with van der Waals surface area (Å²) >= 11 is 0. The van der Waals surface area contributed by atoms with E-state index in [-0.39, 0.29) is 18.3 Å². The molecule has 0 bridgehead atoms. The van der Waals surface area contributed by atoms with E-state index < -0.39 is 0 Å². The van der Waals surface area contributed by atoms with Crippen LogP contribution in [0.25, 0.3) is 16.9 Å². The zero-order chi connectivity index (χ0) is 22.5. The lowest BCUT2D eigenvalue weighted by molar-refractivity contribution is 0.0951. The molecule has 0 fully saturated rings. The van der Waals surface area contributed by atoms with E-state index in [1.165, 1.54) is 6.07 Å². The zero-order valence-corrected chi connectivity index (χ0v) is 17.7. The average Bonchev–Trinajstić information content (AvgIpc) is 3.29. The molecule has 3 aromatic carbocycles. The van der Waals surface area contributed by atoms with Crippen molar-refractivity contribution in [1.29, 1.82) is 0 Å². The average molecular weight is 431 g/mol. The number of halogens is 1. The Morgan fingerprint density at radius 2 is 1.69 bits per heavy atom. The van der Waals surface area contributed by atoms with Crippen LogP contribution in [0.1, 0.15) is 15.9 Å². The van der Waals surface area contributed by atoms with Gasteiger partial charge in [-0.05, 0) is 36.4 Å². The molecule has 7 heteroatoms. The molecule has 32 heavy (non-hydrogen) atoms. The summed E-state index contributed by atoms with van der Waals surface area (Å²) in [5.41, 5.74) is 2.73. The molecule has 0 saturated carbocycles. The highest BCUT2D eigenvalue weighted by molar-refractivity contribution is 6.00. The Labute approximate surface area is 185 Å². The van der Waals surface area contributed by atoms with Gasteiger partial charge in [-0.1, -0.05) is 36.4 Å². The normalized spacial score (nSPS) is 10.6. The number of rotatable bonds is 7. The van der Waals surface area contributed by atoms with Gasteiger partial charge in [-0.3, -0.25) is 4.79 Å². The first-order valence-corrected chi connectivity index (χ1v) is 10.00. The summed E-state index contributed by atoms with van der Waals surface area (Å²) in [6.45, 7) is 0.0629. The van der Waals surface area contributed by atoms with Gasteiger partial charge in [0, 0.05) is 23.9 Å². The van der Waals surface area contributed by atoms with Crippen LogP contribution in [0.15, 0.2) is 79.0 Å². The number of para-hydroxylation sites is 1. The molecule has 1 N–H and O–H groups in total. The minimum Gasteiger partial charge on any atom is -0.493 e. The molecule has 0 spiro atoms. The van der Waals surface area contributed by atoms with E-state index in [1.54, 1.807) is 55.4 Å². The Morgan fingerprint density at radius 1 is 0.969 bits per heavy atom. The van der Waals surface area contributed by atoms with Gasteiger partial charge in [-0.2, -0.15) is 5.10 Å². The molecule has 0 aliphatic heterocycles. The standard InChI is InChI=1S/C25H22FN3O3/c1-31-22-13-12-17(14-23(22)32-2)24-20(16-29(28-24)19-9-4-3-5-10-19)25(30)27-15-18-8-6-7-11-21(18)26/h3-14,16H,15H2,1-2H3,(H,27,30). The van der Waals surface area contributed by atoms with Crippen molar-refractivity contribution < 1.29 is 18.7 Å². The first-order valence-electron chi connectivity index (χ1n) is 10.00. The van der Waals surface area contributed by atoms with E-state index >= 15 is 0 Å². The molecule has 4 rings (SSSR count). The molecule has 0 aliphatic rings. The molecule has 0 radical (unpaired) electrons. The van der Waals surface area contributed by atoms with Crippen LogP contribution >= 0.6 is 0 Å². The van der Waals surface area contributed by atoms with Gasteiger partial charge in [-0.15, -0.1) is 0 Å². The fourth-order valence-corrected chi connectivity index (χ4v) is 3.36. The zero-order valence-electron chi connectivity index (χ0n) is 17.7. The Balaban J connectivity index is 1.72. The van der Waals surface area contributed by atoms with Gasteiger partial charge in [0.05, 0.1) is 25.5 Å². The molecule has 0 unspecified atom stereocenters. The molecule has 0 atom stereocenters. The van der Waals surface area contributed by atoms with Gasteiger partial charge in [0.25, 0.3) is 5.91 Å². The monoisotopic (exact) mass is 431 g/mol. The minimum atomic E-state index is -0.368. The van der Waals surface area contributed by atoms with Crippen LogP contribution in [0, 0.1) is 5.82 Å². The predicted molar refractivity (Wildman–Crippen MR) is 120 cm³/mol. The number of nitrogens with zero attached hydrogens (tertiary/aromatic N) is 2. The number of aromatic nitrogens is 2. The van der Waals surface area contributed by atoms with E-state index in [4.69, 9.17) is 9.47 Å². The first-order chi connectivity index (χ1) is 15.6. The second-order valence-electron chi connectivity index (χ2n) is 7.02. The highest BCUT2D eigenvalue weighted by Gasteiger charge is 2.20. The minimum absolute atomic E-state index is 0.0629. The highest BCUT2D eigenvalue weighted by Crippen LogP contribution is 2.33. The number of carbonyl (C=O) groups excluding carboxylic acids is 1. The van der Waals surface area contributed by atoms with Gasteiger partial charge in [0.2, 0.25) is 0 Å². The number of hydrogen-bond donors (Lipinski definition) is 1. The largest absolute Gasteiger partial charge is 0.493 e. The van der Waals surface area contributed by atoms with Crippen molar-refractivity contribution in [3.63, 3.8) is 0 Å². The summed E-state index contributed by atoms with van der Waals surface area (Å²) < 4.78 is 26.3. The number of hydrogen-bond acceptors (Lipinski definition) is 4. The van der Waals surface area contributed by atoms with Crippen molar-refractivity contribution in [2.45, 2.75) is 6.54 Å². The van der Waals surface area contributed by atoms with Crippen molar-refractivity contribution in [1.82, 2.24) is 15.1 Å². The Morgan fingerprint density at radius 3 is 2.41 bits per heavy atom. The van der Waals surface area contributed by atoms with Crippen molar-refractivity contribution in [3.05, 3.63) is 95.9 Å². The number of benzene rings is 3. The van der Waals surface area contributed by atoms with E-state index in [9.17, 15) is 9.18 Å². The van der Waals surface area contributed by atoms with Crippen LogP contribution in [0.4, 0.5) is 4.39 Å². The fraction of sp³-hybridized carbons (Fsp3) is 0.120. The van der Waals surface area contributed by atoms with Crippen LogP contribution in [-0.4, -0.2) is 29.9 Å². The van der Waals surface area contributed by atoms with Gasteiger partial charge >= 0.3 is 0 Å². The second kappa shape index (κ2) is 9.34. The SMILES string of the molecule is COc1ccc(-c2nn(-c3ccccc3)cc2C(=O)NCc2ccccc2F)cc1OC. The second-order valence-corrected chi connectivity index (χ2v) is 7.02. The third kappa shape index (κ3) is 4.32.